The summed E-state index contributed by atoms with van der Waals surface area (Å²) >= 11 is 0. The van der Waals surface area contributed by atoms with Gasteiger partial charge in [0.25, 0.3) is 5.91 Å². The second-order valence-corrected chi connectivity index (χ2v) is 7.78. The zero-order valence-electron chi connectivity index (χ0n) is 17.5. The molecule has 0 aliphatic carbocycles. The Morgan fingerprint density at radius 1 is 0.750 bits per heavy atom. The molecule has 0 radical (unpaired) electrons. The third-order valence-electron chi connectivity index (χ3n) is 5.68. The standard InChI is InChI=1S/C22H23FN8O/c23-17-3-5-20(25-13-17)30-8-10-31(11-9-30)22-26-14-18(15-27-22)28-21(32)16-2-4-19(24-12-16)29-6-1-7-29/h2-5,12-15H,1,6-11H2,(H,28,32). The molecule has 32 heavy (non-hydrogen) atoms. The van der Waals surface area contributed by atoms with E-state index in [1.807, 2.05) is 6.07 Å². The molecule has 164 valence electrons. The van der Waals surface area contributed by atoms with Crippen molar-refractivity contribution in [2.75, 3.05) is 59.3 Å². The molecule has 2 fully saturated rings. The minimum absolute atomic E-state index is 0.246. The molecule has 0 aromatic carbocycles. The topological polar surface area (TPSA) is 90.4 Å². The van der Waals surface area contributed by atoms with Crippen LogP contribution in [-0.2, 0) is 0 Å². The van der Waals surface area contributed by atoms with Crippen LogP contribution < -0.4 is 20.0 Å². The SMILES string of the molecule is O=C(Nc1cnc(N2CCN(c3ccc(F)cn3)CC2)nc1)c1ccc(N2CCC2)nc1. The van der Waals surface area contributed by atoms with Gasteiger partial charge in [0.15, 0.2) is 0 Å². The van der Waals surface area contributed by atoms with E-state index >= 15 is 0 Å². The first-order chi connectivity index (χ1) is 15.7. The van der Waals surface area contributed by atoms with E-state index in [0.717, 1.165) is 50.9 Å². The van der Waals surface area contributed by atoms with Crippen LogP contribution in [0.4, 0.5) is 27.7 Å². The Morgan fingerprint density at radius 3 is 1.94 bits per heavy atom. The fourth-order valence-corrected chi connectivity index (χ4v) is 3.70. The Balaban J connectivity index is 1.15. The number of nitrogens with zero attached hydrogens (tertiary/aromatic N) is 7. The average molecular weight is 434 g/mol. The van der Waals surface area contributed by atoms with Crippen LogP contribution in [-0.4, -0.2) is 65.1 Å². The van der Waals surface area contributed by atoms with Crippen LogP contribution in [0, 0.1) is 5.82 Å². The van der Waals surface area contributed by atoms with Crippen LogP contribution in [0.15, 0.2) is 49.1 Å². The van der Waals surface area contributed by atoms with Gasteiger partial charge in [-0.25, -0.2) is 24.3 Å². The molecule has 0 atom stereocenters. The van der Waals surface area contributed by atoms with Gasteiger partial charge in [0.1, 0.15) is 17.5 Å². The molecule has 1 amide bonds. The van der Waals surface area contributed by atoms with Gasteiger partial charge < -0.3 is 20.0 Å². The summed E-state index contributed by atoms with van der Waals surface area (Å²) < 4.78 is 13.1. The van der Waals surface area contributed by atoms with Crippen molar-refractivity contribution in [3.8, 4) is 0 Å². The molecule has 2 aliphatic rings. The van der Waals surface area contributed by atoms with Gasteiger partial charge in [-0.1, -0.05) is 0 Å². The molecule has 2 aliphatic heterocycles. The van der Waals surface area contributed by atoms with Gasteiger partial charge in [-0.3, -0.25) is 4.79 Å². The zero-order valence-corrected chi connectivity index (χ0v) is 17.5. The predicted octanol–water partition coefficient (Wildman–Crippen LogP) is 2.19. The summed E-state index contributed by atoms with van der Waals surface area (Å²) in [5, 5.41) is 2.81. The van der Waals surface area contributed by atoms with Gasteiger partial charge >= 0.3 is 0 Å². The van der Waals surface area contributed by atoms with Gasteiger partial charge in [-0.05, 0) is 30.7 Å². The second kappa shape index (κ2) is 8.74. The van der Waals surface area contributed by atoms with Crippen LogP contribution >= 0.6 is 0 Å². The molecule has 3 aromatic rings. The van der Waals surface area contributed by atoms with Crippen LogP contribution in [0.2, 0.25) is 0 Å². The van der Waals surface area contributed by atoms with Crippen LogP contribution in [0.5, 0.6) is 0 Å². The summed E-state index contributed by atoms with van der Waals surface area (Å²) in [4.78, 5) is 36.2. The third kappa shape index (κ3) is 4.29. The molecule has 3 aromatic heterocycles. The number of amides is 1. The first-order valence-corrected chi connectivity index (χ1v) is 10.6. The molecule has 1 N–H and O–H groups in total. The number of nitrogens with one attached hydrogen (secondary N) is 1. The minimum atomic E-state index is -0.340. The quantitative estimate of drug-likeness (QED) is 0.654. The van der Waals surface area contributed by atoms with E-state index < -0.39 is 0 Å². The van der Waals surface area contributed by atoms with E-state index in [4.69, 9.17) is 0 Å². The lowest BCUT2D eigenvalue weighted by atomic mass is 10.2. The van der Waals surface area contributed by atoms with Gasteiger partial charge in [0, 0.05) is 45.5 Å². The van der Waals surface area contributed by atoms with Crippen molar-refractivity contribution in [1.29, 1.82) is 0 Å². The number of halogens is 1. The molecular formula is C22H23FN8O. The summed E-state index contributed by atoms with van der Waals surface area (Å²) in [6, 6.07) is 6.75. The first kappa shape index (κ1) is 20.1. The van der Waals surface area contributed by atoms with Gasteiger partial charge in [-0.15, -0.1) is 0 Å². The molecule has 0 saturated carbocycles. The molecule has 10 heteroatoms. The maximum Gasteiger partial charge on any atom is 0.257 e. The number of anilines is 4. The average Bonchev–Trinajstić information content (AvgIpc) is 2.80. The maximum atomic E-state index is 13.1. The highest BCUT2D eigenvalue weighted by atomic mass is 19.1. The number of rotatable bonds is 5. The minimum Gasteiger partial charge on any atom is -0.356 e. The highest BCUT2D eigenvalue weighted by Crippen LogP contribution is 2.19. The summed E-state index contributed by atoms with van der Waals surface area (Å²) in [6.07, 6.45) is 7.22. The number of carbonyl (C=O) groups is 1. The number of carbonyl (C=O) groups excluding carboxylic acids is 1. The molecule has 0 spiro atoms. The van der Waals surface area contributed by atoms with Crippen LogP contribution in [0.3, 0.4) is 0 Å². The third-order valence-corrected chi connectivity index (χ3v) is 5.68. The molecule has 9 nitrogen and oxygen atoms in total. The second-order valence-electron chi connectivity index (χ2n) is 7.78. The fourth-order valence-electron chi connectivity index (χ4n) is 3.70. The zero-order chi connectivity index (χ0) is 21.9. The van der Waals surface area contributed by atoms with E-state index in [9.17, 15) is 9.18 Å². The lowest BCUT2D eigenvalue weighted by molar-refractivity contribution is 0.102. The molecule has 2 saturated heterocycles. The number of hydrogen-bond acceptors (Lipinski definition) is 8. The van der Waals surface area contributed by atoms with E-state index in [-0.39, 0.29) is 11.7 Å². The van der Waals surface area contributed by atoms with Gasteiger partial charge in [-0.2, -0.15) is 0 Å². The van der Waals surface area contributed by atoms with E-state index in [1.165, 1.54) is 18.7 Å². The van der Waals surface area contributed by atoms with E-state index in [2.05, 4.69) is 40.0 Å². The van der Waals surface area contributed by atoms with E-state index in [1.54, 1.807) is 30.7 Å². The largest absolute Gasteiger partial charge is 0.356 e. The van der Waals surface area contributed by atoms with Crippen molar-refractivity contribution in [2.24, 2.45) is 0 Å². The number of hydrogen-bond donors (Lipinski definition) is 1. The van der Waals surface area contributed by atoms with Crippen molar-refractivity contribution in [3.05, 3.63) is 60.4 Å². The summed E-state index contributed by atoms with van der Waals surface area (Å²) in [5.41, 5.74) is 1.02. The van der Waals surface area contributed by atoms with Crippen molar-refractivity contribution in [1.82, 2.24) is 19.9 Å². The molecular weight excluding hydrogens is 411 g/mol. The van der Waals surface area contributed by atoms with Crippen molar-refractivity contribution in [2.45, 2.75) is 6.42 Å². The van der Waals surface area contributed by atoms with E-state index in [0.29, 0.717) is 17.2 Å². The molecule has 5 heterocycles. The lowest BCUT2D eigenvalue weighted by Crippen LogP contribution is -2.47. The van der Waals surface area contributed by atoms with Crippen molar-refractivity contribution in [3.63, 3.8) is 0 Å². The van der Waals surface area contributed by atoms with Crippen molar-refractivity contribution < 1.29 is 9.18 Å². The predicted molar refractivity (Wildman–Crippen MR) is 120 cm³/mol. The Hall–Kier alpha value is -3.82. The Bertz CT molecular complexity index is 1060. The number of aromatic nitrogens is 4. The lowest BCUT2D eigenvalue weighted by Gasteiger charge is -2.35. The van der Waals surface area contributed by atoms with Crippen LogP contribution in [0.25, 0.3) is 0 Å². The maximum absolute atomic E-state index is 13.1. The van der Waals surface area contributed by atoms with Crippen LogP contribution in [0.1, 0.15) is 16.8 Å². The Labute approximate surface area is 184 Å². The molecule has 0 unspecified atom stereocenters. The molecule has 5 rings (SSSR count). The highest BCUT2D eigenvalue weighted by Gasteiger charge is 2.20. The Kier molecular flexibility index (Phi) is 5.49. The Morgan fingerprint density at radius 2 is 1.38 bits per heavy atom. The number of pyridine rings is 2. The van der Waals surface area contributed by atoms with Crippen molar-refractivity contribution >= 4 is 29.2 Å². The normalized spacial score (nSPS) is 16.0. The van der Waals surface area contributed by atoms with Gasteiger partial charge in [0.2, 0.25) is 5.95 Å². The summed E-state index contributed by atoms with van der Waals surface area (Å²) in [5.74, 6) is 1.68. The summed E-state index contributed by atoms with van der Waals surface area (Å²) in [6.45, 7) is 4.95. The fraction of sp³-hybridized carbons (Fsp3) is 0.318. The smallest absolute Gasteiger partial charge is 0.257 e. The summed E-state index contributed by atoms with van der Waals surface area (Å²) in [7, 11) is 0. The monoisotopic (exact) mass is 434 g/mol. The molecule has 0 bridgehead atoms. The van der Waals surface area contributed by atoms with Gasteiger partial charge in [0.05, 0.1) is 29.8 Å². The number of piperazine rings is 1. The highest BCUT2D eigenvalue weighted by molar-refractivity contribution is 6.04. The first-order valence-electron chi connectivity index (χ1n) is 10.6.